The quantitative estimate of drug-likeness (QED) is 0.481. The van der Waals surface area contributed by atoms with Crippen LogP contribution in [0.2, 0.25) is 0 Å². The summed E-state index contributed by atoms with van der Waals surface area (Å²) < 4.78 is 0. The van der Waals surface area contributed by atoms with Crippen LogP contribution < -0.4 is 5.32 Å². The van der Waals surface area contributed by atoms with Gasteiger partial charge < -0.3 is 15.5 Å². The first kappa shape index (κ1) is 13.8. The molecule has 0 radical (unpaired) electrons. The van der Waals surface area contributed by atoms with Gasteiger partial charge in [-0.15, -0.1) is 0 Å². The summed E-state index contributed by atoms with van der Waals surface area (Å²) in [6.07, 6.45) is 5.99. The van der Waals surface area contributed by atoms with E-state index in [1.165, 1.54) is 31.7 Å². The van der Waals surface area contributed by atoms with Crippen molar-refractivity contribution in [2.24, 2.45) is 0 Å². The van der Waals surface area contributed by atoms with Gasteiger partial charge >= 0.3 is 0 Å². The first-order valence-electron chi connectivity index (χ1n) is 6.45. The highest BCUT2D eigenvalue weighted by Crippen LogP contribution is 2.24. The van der Waals surface area contributed by atoms with Gasteiger partial charge in [-0.05, 0) is 43.6 Å². The molecule has 0 aliphatic carbocycles. The minimum atomic E-state index is -0.0544. The number of unbranched alkanes of at least 4 members (excludes halogenated alkanes) is 3. The highest BCUT2D eigenvalue weighted by molar-refractivity contribution is 5.40. The third-order valence-corrected chi connectivity index (χ3v) is 2.84. The zero-order chi connectivity index (χ0) is 12.5. The van der Waals surface area contributed by atoms with Gasteiger partial charge in [-0.25, -0.2) is 0 Å². The average molecular weight is 237 g/mol. The van der Waals surface area contributed by atoms with Crippen LogP contribution in [0.5, 0.6) is 11.5 Å². The van der Waals surface area contributed by atoms with E-state index >= 15 is 0 Å². The summed E-state index contributed by atoms with van der Waals surface area (Å²) in [5, 5.41) is 21.9. The number of phenolic OH excluding ortho intramolecular Hbond substituents is 2. The summed E-state index contributed by atoms with van der Waals surface area (Å²) in [6, 6.07) is 4.99. The second-order valence-corrected chi connectivity index (χ2v) is 4.38. The highest BCUT2D eigenvalue weighted by Gasteiger charge is 2.00. The van der Waals surface area contributed by atoms with E-state index in [9.17, 15) is 10.2 Å². The average Bonchev–Trinajstić information content (AvgIpc) is 2.32. The Kier molecular flexibility index (Phi) is 6.48. The van der Waals surface area contributed by atoms with Gasteiger partial charge in [0.25, 0.3) is 0 Å². The van der Waals surface area contributed by atoms with Crippen molar-refractivity contribution < 1.29 is 10.2 Å². The van der Waals surface area contributed by atoms with Crippen molar-refractivity contribution in [3.63, 3.8) is 0 Å². The van der Waals surface area contributed by atoms with E-state index in [1.807, 2.05) is 6.07 Å². The molecule has 0 bridgehead atoms. The molecular formula is C14H23NO2. The Balaban J connectivity index is 2.11. The predicted molar refractivity (Wildman–Crippen MR) is 70.5 cm³/mol. The zero-order valence-corrected chi connectivity index (χ0v) is 10.6. The molecule has 0 amide bonds. The van der Waals surface area contributed by atoms with Crippen LogP contribution in [0.4, 0.5) is 0 Å². The van der Waals surface area contributed by atoms with Gasteiger partial charge in [0.05, 0.1) is 0 Å². The van der Waals surface area contributed by atoms with Crippen molar-refractivity contribution in [1.82, 2.24) is 5.32 Å². The van der Waals surface area contributed by atoms with Gasteiger partial charge in [-0.2, -0.15) is 0 Å². The standard InChI is InChI=1S/C14H23NO2/c1-2-3-4-5-9-15-10-8-12-6-7-13(16)14(17)11-12/h6-7,11,15-17H,2-5,8-10H2,1H3. The van der Waals surface area contributed by atoms with Crippen molar-refractivity contribution in [1.29, 1.82) is 0 Å². The molecule has 1 aromatic carbocycles. The molecule has 0 fully saturated rings. The number of nitrogens with one attached hydrogen (secondary N) is 1. The van der Waals surface area contributed by atoms with Crippen molar-refractivity contribution in [3.8, 4) is 11.5 Å². The Morgan fingerprint density at radius 3 is 2.53 bits per heavy atom. The zero-order valence-electron chi connectivity index (χ0n) is 10.6. The molecule has 3 N–H and O–H groups in total. The summed E-state index contributed by atoms with van der Waals surface area (Å²) in [5.74, 6) is -0.0910. The van der Waals surface area contributed by atoms with Crippen LogP contribution in [-0.2, 0) is 6.42 Å². The number of hydrogen-bond donors (Lipinski definition) is 3. The Morgan fingerprint density at radius 1 is 1.00 bits per heavy atom. The first-order valence-corrected chi connectivity index (χ1v) is 6.45. The second kappa shape index (κ2) is 7.96. The molecule has 17 heavy (non-hydrogen) atoms. The van der Waals surface area contributed by atoms with Crippen LogP contribution in [0.25, 0.3) is 0 Å². The van der Waals surface area contributed by atoms with Gasteiger partial charge in [-0.3, -0.25) is 0 Å². The van der Waals surface area contributed by atoms with Crippen LogP contribution in [-0.4, -0.2) is 23.3 Å². The molecule has 0 saturated heterocycles. The lowest BCUT2D eigenvalue weighted by Gasteiger charge is -2.05. The molecule has 0 unspecified atom stereocenters. The fraction of sp³-hybridized carbons (Fsp3) is 0.571. The number of phenols is 2. The van der Waals surface area contributed by atoms with Crippen LogP contribution in [0.15, 0.2) is 18.2 Å². The molecule has 96 valence electrons. The summed E-state index contributed by atoms with van der Waals surface area (Å²) in [6.45, 7) is 4.19. The summed E-state index contributed by atoms with van der Waals surface area (Å²) in [4.78, 5) is 0. The van der Waals surface area contributed by atoms with Crippen molar-refractivity contribution in [2.75, 3.05) is 13.1 Å². The minimum absolute atomic E-state index is 0.0366. The topological polar surface area (TPSA) is 52.5 Å². The van der Waals surface area contributed by atoms with Gasteiger partial charge in [0.2, 0.25) is 0 Å². The lowest BCUT2D eigenvalue weighted by molar-refractivity contribution is 0.403. The Morgan fingerprint density at radius 2 is 1.82 bits per heavy atom. The molecule has 0 heterocycles. The molecule has 0 spiro atoms. The molecule has 0 saturated carbocycles. The smallest absolute Gasteiger partial charge is 0.157 e. The molecule has 0 aliphatic heterocycles. The number of aromatic hydroxyl groups is 2. The van der Waals surface area contributed by atoms with E-state index in [-0.39, 0.29) is 11.5 Å². The molecule has 0 aliphatic rings. The number of rotatable bonds is 8. The van der Waals surface area contributed by atoms with Crippen LogP contribution in [0, 0.1) is 0 Å². The monoisotopic (exact) mass is 237 g/mol. The normalized spacial score (nSPS) is 10.6. The van der Waals surface area contributed by atoms with Crippen molar-refractivity contribution in [3.05, 3.63) is 23.8 Å². The fourth-order valence-electron chi connectivity index (χ4n) is 1.76. The van der Waals surface area contributed by atoms with Gasteiger partial charge in [0, 0.05) is 0 Å². The molecule has 0 atom stereocenters. The maximum Gasteiger partial charge on any atom is 0.157 e. The maximum absolute atomic E-state index is 9.33. The van der Waals surface area contributed by atoms with Crippen LogP contribution in [0.3, 0.4) is 0 Å². The molecule has 3 heteroatoms. The highest BCUT2D eigenvalue weighted by atomic mass is 16.3. The molecule has 1 aromatic rings. The lowest BCUT2D eigenvalue weighted by atomic mass is 10.1. The van der Waals surface area contributed by atoms with Crippen molar-refractivity contribution in [2.45, 2.75) is 39.0 Å². The lowest BCUT2D eigenvalue weighted by Crippen LogP contribution is -2.18. The summed E-state index contributed by atoms with van der Waals surface area (Å²) in [7, 11) is 0. The third kappa shape index (κ3) is 5.59. The molecule has 0 aromatic heterocycles. The van der Waals surface area contributed by atoms with Crippen LogP contribution >= 0.6 is 0 Å². The predicted octanol–water partition coefficient (Wildman–Crippen LogP) is 2.81. The maximum atomic E-state index is 9.33. The number of benzene rings is 1. The Hall–Kier alpha value is -1.22. The minimum Gasteiger partial charge on any atom is -0.504 e. The van der Waals surface area contributed by atoms with E-state index in [2.05, 4.69) is 12.2 Å². The van der Waals surface area contributed by atoms with Gasteiger partial charge in [-0.1, -0.05) is 32.3 Å². The molecule has 1 rings (SSSR count). The van der Waals surface area contributed by atoms with Gasteiger partial charge in [0.1, 0.15) is 0 Å². The SMILES string of the molecule is CCCCCCNCCc1ccc(O)c(O)c1. The summed E-state index contributed by atoms with van der Waals surface area (Å²) >= 11 is 0. The van der Waals surface area contributed by atoms with E-state index < -0.39 is 0 Å². The Labute approximate surface area is 103 Å². The van der Waals surface area contributed by atoms with Crippen LogP contribution in [0.1, 0.15) is 38.2 Å². The summed E-state index contributed by atoms with van der Waals surface area (Å²) in [5.41, 5.74) is 1.04. The fourth-order valence-corrected chi connectivity index (χ4v) is 1.76. The van der Waals surface area contributed by atoms with E-state index in [4.69, 9.17) is 0 Å². The third-order valence-electron chi connectivity index (χ3n) is 2.84. The molecular weight excluding hydrogens is 214 g/mol. The van der Waals surface area contributed by atoms with Crippen molar-refractivity contribution >= 4 is 0 Å². The van der Waals surface area contributed by atoms with E-state index in [0.29, 0.717) is 0 Å². The van der Waals surface area contributed by atoms with E-state index in [1.54, 1.807) is 6.07 Å². The first-order chi connectivity index (χ1) is 8.24. The second-order valence-electron chi connectivity index (χ2n) is 4.38. The largest absolute Gasteiger partial charge is 0.504 e. The van der Waals surface area contributed by atoms with E-state index in [0.717, 1.165) is 25.1 Å². The molecule has 3 nitrogen and oxygen atoms in total. The Bertz CT molecular complexity index is 326. The number of hydrogen-bond acceptors (Lipinski definition) is 3. The van der Waals surface area contributed by atoms with Gasteiger partial charge in [0.15, 0.2) is 11.5 Å².